The summed E-state index contributed by atoms with van der Waals surface area (Å²) in [5.74, 6) is 0. The highest BCUT2D eigenvalue weighted by molar-refractivity contribution is 5.24. The first-order chi connectivity index (χ1) is 13.2. The van der Waals surface area contributed by atoms with Gasteiger partial charge in [0.2, 0.25) is 0 Å². The largest absolute Gasteiger partial charge is 0.373 e. The summed E-state index contributed by atoms with van der Waals surface area (Å²) < 4.78 is 12.6. The normalized spacial score (nSPS) is 27.7. The third-order valence-electron chi connectivity index (χ3n) is 6.29. The molecule has 2 aliphatic rings. The lowest BCUT2D eigenvalue weighted by atomic mass is 9.64. The van der Waals surface area contributed by atoms with Crippen molar-refractivity contribution in [3.63, 3.8) is 0 Å². The standard InChI is InChI=1S/C25H30O2/c1-25-16-15-23(26-18-20-9-4-2-5-10-20)17-22(25)13-8-14-24(25)27-19-21-11-6-3-7-12-21/h2-7,9-12,17,23-24H,8,13-16,18-19H2,1H3/t23?,24?,25-/m0/s1. The zero-order chi connectivity index (χ0) is 18.5. The molecule has 4 rings (SSSR count). The van der Waals surface area contributed by atoms with Gasteiger partial charge in [0.25, 0.3) is 0 Å². The van der Waals surface area contributed by atoms with Crippen molar-refractivity contribution < 1.29 is 9.47 Å². The van der Waals surface area contributed by atoms with Crippen LogP contribution in [0.2, 0.25) is 0 Å². The molecule has 0 N–H and O–H groups in total. The smallest absolute Gasteiger partial charge is 0.0763 e. The van der Waals surface area contributed by atoms with Crippen molar-refractivity contribution in [2.45, 2.75) is 64.4 Å². The molecule has 0 radical (unpaired) electrons. The van der Waals surface area contributed by atoms with Crippen LogP contribution in [-0.4, -0.2) is 12.2 Å². The number of hydrogen-bond acceptors (Lipinski definition) is 2. The van der Waals surface area contributed by atoms with Gasteiger partial charge in [0.1, 0.15) is 0 Å². The van der Waals surface area contributed by atoms with Crippen molar-refractivity contribution in [2.24, 2.45) is 5.41 Å². The van der Waals surface area contributed by atoms with E-state index in [0.29, 0.717) is 19.3 Å². The highest BCUT2D eigenvalue weighted by Gasteiger charge is 2.43. The van der Waals surface area contributed by atoms with E-state index in [-0.39, 0.29) is 11.5 Å². The number of benzene rings is 2. The zero-order valence-electron chi connectivity index (χ0n) is 16.3. The summed E-state index contributed by atoms with van der Waals surface area (Å²) in [6.07, 6.45) is 8.75. The Bertz CT molecular complexity index is 752. The summed E-state index contributed by atoms with van der Waals surface area (Å²) >= 11 is 0. The molecule has 142 valence electrons. The van der Waals surface area contributed by atoms with Gasteiger partial charge in [-0.1, -0.05) is 79.2 Å². The molecular weight excluding hydrogens is 332 g/mol. The molecule has 2 aliphatic carbocycles. The second kappa shape index (κ2) is 8.41. The Kier molecular flexibility index (Phi) is 5.75. The molecule has 0 spiro atoms. The average molecular weight is 363 g/mol. The van der Waals surface area contributed by atoms with Gasteiger partial charge in [-0.3, -0.25) is 0 Å². The lowest BCUT2D eigenvalue weighted by molar-refractivity contribution is -0.0599. The van der Waals surface area contributed by atoms with Crippen LogP contribution in [0.1, 0.15) is 50.2 Å². The highest BCUT2D eigenvalue weighted by Crippen LogP contribution is 2.49. The fraction of sp³-hybridized carbons (Fsp3) is 0.440. The van der Waals surface area contributed by atoms with Crippen LogP contribution in [0.5, 0.6) is 0 Å². The van der Waals surface area contributed by atoms with Crippen molar-refractivity contribution in [1.29, 1.82) is 0 Å². The number of ether oxygens (including phenoxy) is 2. The monoisotopic (exact) mass is 362 g/mol. The van der Waals surface area contributed by atoms with Crippen LogP contribution in [-0.2, 0) is 22.7 Å². The van der Waals surface area contributed by atoms with Gasteiger partial charge in [0.05, 0.1) is 25.4 Å². The van der Waals surface area contributed by atoms with Gasteiger partial charge in [0, 0.05) is 5.41 Å². The summed E-state index contributed by atoms with van der Waals surface area (Å²) in [6.45, 7) is 3.81. The lowest BCUT2D eigenvalue weighted by Crippen LogP contribution is -2.42. The predicted octanol–water partition coefficient (Wildman–Crippen LogP) is 6.07. The average Bonchev–Trinajstić information content (AvgIpc) is 2.72. The van der Waals surface area contributed by atoms with E-state index < -0.39 is 0 Å². The molecule has 1 fully saturated rings. The molecule has 2 aromatic carbocycles. The molecule has 0 heterocycles. The van der Waals surface area contributed by atoms with E-state index >= 15 is 0 Å². The van der Waals surface area contributed by atoms with E-state index in [0.717, 1.165) is 19.3 Å². The van der Waals surface area contributed by atoms with Gasteiger partial charge in [-0.25, -0.2) is 0 Å². The Hall–Kier alpha value is -1.90. The van der Waals surface area contributed by atoms with Gasteiger partial charge < -0.3 is 9.47 Å². The minimum Gasteiger partial charge on any atom is -0.373 e. The van der Waals surface area contributed by atoms with Gasteiger partial charge >= 0.3 is 0 Å². The third kappa shape index (κ3) is 4.34. The van der Waals surface area contributed by atoms with Crippen LogP contribution in [0.3, 0.4) is 0 Å². The molecule has 2 unspecified atom stereocenters. The Balaban J connectivity index is 1.39. The molecule has 2 heteroatoms. The van der Waals surface area contributed by atoms with Gasteiger partial charge in [-0.2, -0.15) is 0 Å². The summed E-state index contributed by atoms with van der Waals surface area (Å²) in [7, 11) is 0. The maximum atomic E-state index is 6.42. The first-order valence-electron chi connectivity index (χ1n) is 10.3. The topological polar surface area (TPSA) is 18.5 Å². The molecule has 1 saturated carbocycles. The van der Waals surface area contributed by atoms with E-state index in [2.05, 4.69) is 73.7 Å². The Labute approximate surface area is 163 Å². The van der Waals surface area contributed by atoms with Crippen molar-refractivity contribution in [3.8, 4) is 0 Å². The first-order valence-corrected chi connectivity index (χ1v) is 10.3. The SMILES string of the molecule is C[C@]12CCC(OCc3ccccc3)C=C1CCCC2OCc1ccccc1. The molecule has 0 bridgehead atoms. The predicted molar refractivity (Wildman–Crippen MR) is 109 cm³/mol. The van der Waals surface area contributed by atoms with Crippen LogP contribution in [0, 0.1) is 5.41 Å². The van der Waals surface area contributed by atoms with Crippen LogP contribution in [0.15, 0.2) is 72.3 Å². The summed E-state index contributed by atoms with van der Waals surface area (Å²) in [6, 6.07) is 21.0. The molecule has 0 aliphatic heterocycles. The van der Waals surface area contributed by atoms with E-state index in [9.17, 15) is 0 Å². The minimum absolute atomic E-state index is 0.166. The minimum atomic E-state index is 0.166. The molecule has 27 heavy (non-hydrogen) atoms. The van der Waals surface area contributed by atoms with Crippen LogP contribution in [0.25, 0.3) is 0 Å². The maximum absolute atomic E-state index is 6.42. The Morgan fingerprint density at radius 3 is 2.15 bits per heavy atom. The van der Waals surface area contributed by atoms with Crippen molar-refractivity contribution in [1.82, 2.24) is 0 Å². The van der Waals surface area contributed by atoms with Crippen LogP contribution >= 0.6 is 0 Å². The summed E-state index contributed by atoms with van der Waals surface area (Å²) in [4.78, 5) is 0. The number of hydrogen-bond donors (Lipinski definition) is 0. The van der Waals surface area contributed by atoms with E-state index in [1.165, 1.54) is 24.0 Å². The third-order valence-corrected chi connectivity index (χ3v) is 6.29. The maximum Gasteiger partial charge on any atom is 0.0763 e. The van der Waals surface area contributed by atoms with E-state index in [1.807, 2.05) is 0 Å². The lowest BCUT2D eigenvalue weighted by Gasteiger charge is -2.47. The van der Waals surface area contributed by atoms with Crippen LogP contribution in [0.4, 0.5) is 0 Å². The van der Waals surface area contributed by atoms with Gasteiger partial charge in [-0.05, 0) is 43.2 Å². The Morgan fingerprint density at radius 2 is 1.48 bits per heavy atom. The molecule has 0 aromatic heterocycles. The quantitative estimate of drug-likeness (QED) is 0.581. The molecular formula is C25H30O2. The summed E-state index contributed by atoms with van der Waals surface area (Å²) in [5, 5.41) is 0. The highest BCUT2D eigenvalue weighted by atomic mass is 16.5. The van der Waals surface area contributed by atoms with Crippen molar-refractivity contribution in [2.75, 3.05) is 0 Å². The summed E-state index contributed by atoms with van der Waals surface area (Å²) in [5.41, 5.74) is 4.23. The van der Waals surface area contributed by atoms with Gasteiger partial charge in [-0.15, -0.1) is 0 Å². The fourth-order valence-corrected chi connectivity index (χ4v) is 4.58. The molecule has 3 atom stereocenters. The molecule has 2 nitrogen and oxygen atoms in total. The van der Waals surface area contributed by atoms with Crippen molar-refractivity contribution >= 4 is 0 Å². The number of fused-ring (bicyclic) bond motifs is 1. The Morgan fingerprint density at radius 1 is 0.852 bits per heavy atom. The van der Waals surface area contributed by atoms with Crippen molar-refractivity contribution in [3.05, 3.63) is 83.4 Å². The fourth-order valence-electron chi connectivity index (χ4n) is 4.58. The number of rotatable bonds is 6. The molecule has 2 aromatic rings. The van der Waals surface area contributed by atoms with Crippen LogP contribution < -0.4 is 0 Å². The van der Waals surface area contributed by atoms with E-state index in [1.54, 1.807) is 5.57 Å². The first kappa shape index (κ1) is 18.5. The second-order valence-electron chi connectivity index (χ2n) is 8.16. The molecule has 0 saturated heterocycles. The molecule has 0 amide bonds. The van der Waals surface area contributed by atoms with Gasteiger partial charge in [0.15, 0.2) is 0 Å². The van der Waals surface area contributed by atoms with E-state index in [4.69, 9.17) is 9.47 Å². The zero-order valence-corrected chi connectivity index (χ0v) is 16.3. The second-order valence-corrected chi connectivity index (χ2v) is 8.16.